The molecule has 3 heterocycles. The summed E-state index contributed by atoms with van der Waals surface area (Å²) in [7, 11) is 1.62. The first kappa shape index (κ1) is 22.2. The topological polar surface area (TPSA) is 97.2 Å². The standard InChI is InChI=1S/C19H23Br2N7O3/c1-29-16-13(10-14(20)11-15(16)21)12-22-26-17-23-18(27-2-6-30-7-3-27)25-19(24-17)28-4-8-31-9-5-28/h10-12H,2-9H2,1H3,(H,23,24,25,26). The Kier molecular flexibility index (Phi) is 7.54. The molecule has 1 aromatic heterocycles. The van der Waals surface area contributed by atoms with Gasteiger partial charge in [-0.15, -0.1) is 0 Å². The first-order valence-electron chi connectivity index (χ1n) is 9.87. The average molecular weight is 557 g/mol. The predicted molar refractivity (Wildman–Crippen MR) is 126 cm³/mol. The molecule has 2 fully saturated rings. The second-order valence-corrected chi connectivity index (χ2v) is 8.61. The maximum atomic E-state index is 5.47. The highest BCUT2D eigenvalue weighted by Gasteiger charge is 2.20. The fourth-order valence-electron chi connectivity index (χ4n) is 3.26. The summed E-state index contributed by atoms with van der Waals surface area (Å²) >= 11 is 6.99. The van der Waals surface area contributed by atoms with Crippen molar-refractivity contribution in [3.05, 3.63) is 26.6 Å². The number of hydrogen-bond acceptors (Lipinski definition) is 10. The molecule has 31 heavy (non-hydrogen) atoms. The molecule has 2 aromatic rings. The number of ether oxygens (including phenoxy) is 3. The summed E-state index contributed by atoms with van der Waals surface area (Å²) in [5.41, 5.74) is 3.75. The molecule has 2 saturated heterocycles. The van der Waals surface area contributed by atoms with Gasteiger partial charge in [0.05, 0.1) is 44.2 Å². The molecule has 0 spiro atoms. The minimum atomic E-state index is 0.377. The number of halogens is 2. The zero-order chi connectivity index (χ0) is 21.6. The number of methoxy groups -OCH3 is 1. The number of anilines is 3. The number of nitrogens with zero attached hydrogens (tertiary/aromatic N) is 6. The molecule has 4 rings (SSSR count). The largest absolute Gasteiger partial charge is 0.495 e. The highest BCUT2D eigenvalue weighted by Crippen LogP contribution is 2.31. The van der Waals surface area contributed by atoms with E-state index in [-0.39, 0.29) is 0 Å². The molecule has 1 N–H and O–H groups in total. The maximum absolute atomic E-state index is 5.47. The third kappa shape index (κ3) is 5.62. The van der Waals surface area contributed by atoms with Crippen LogP contribution >= 0.6 is 31.9 Å². The highest BCUT2D eigenvalue weighted by molar-refractivity contribution is 9.11. The smallest absolute Gasteiger partial charge is 0.250 e. The summed E-state index contributed by atoms with van der Waals surface area (Å²) in [5, 5.41) is 4.34. The Morgan fingerprint density at radius 2 is 1.55 bits per heavy atom. The highest BCUT2D eigenvalue weighted by atomic mass is 79.9. The predicted octanol–water partition coefficient (Wildman–Crippen LogP) is 2.52. The van der Waals surface area contributed by atoms with Crippen LogP contribution in [0.1, 0.15) is 5.56 Å². The van der Waals surface area contributed by atoms with Crippen molar-refractivity contribution in [2.24, 2.45) is 5.10 Å². The zero-order valence-electron chi connectivity index (χ0n) is 17.1. The minimum Gasteiger partial charge on any atom is -0.495 e. The van der Waals surface area contributed by atoms with E-state index < -0.39 is 0 Å². The van der Waals surface area contributed by atoms with Crippen LogP contribution < -0.4 is 20.0 Å². The lowest BCUT2D eigenvalue weighted by atomic mass is 10.2. The van der Waals surface area contributed by atoms with Gasteiger partial charge in [-0.1, -0.05) is 15.9 Å². The lowest BCUT2D eigenvalue weighted by Gasteiger charge is -2.30. The van der Waals surface area contributed by atoms with Gasteiger partial charge in [0.25, 0.3) is 0 Å². The van der Waals surface area contributed by atoms with E-state index in [0.717, 1.165) is 40.7 Å². The van der Waals surface area contributed by atoms with Gasteiger partial charge in [-0.05, 0) is 28.1 Å². The van der Waals surface area contributed by atoms with Crippen LogP contribution in [0, 0.1) is 0 Å². The molecule has 0 aliphatic carbocycles. The number of aromatic nitrogens is 3. The Balaban J connectivity index is 1.58. The molecule has 2 aliphatic heterocycles. The van der Waals surface area contributed by atoms with Gasteiger partial charge in [-0.25, -0.2) is 5.43 Å². The fourth-order valence-corrected chi connectivity index (χ4v) is 4.68. The van der Waals surface area contributed by atoms with Gasteiger partial charge in [0, 0.05) is 36.2 Å². The molecule has 12 heteroatoms. The molecule has 0 bridgehead atoms. The second-order valence-electron chi connectivity index (χ2n) is 6.84. The Morgan fingerprint density at radius 3 is 2.10 bits per heavy atom. The van der Waals surface area contributed by atoms with Gasteiger partial charge in [-0.2, -0.15) is 20.1 Å². The van der Waals surface area contributed by atoms with Crippen LogP contribution in [0.15, 0.2) is 26.2 Å². The summed E-state index contributed by atoms with van der Waals surface area (Å²) in [4.78, 5) is 18.0. The molecular weight excluding hydrogens is 534 g/mol. The van der Waals surface area contributed by atoms with Gasteiger partial charge in [0.2, 0.25) is 17.8 Å². The summed E-state index contributed by atoms with van der Waals surface area (Å²) in [6.45, 7) is 5.54. The van der Waals surface area contributed by atoms with Crippen molar-refractivity contribution in [3.8, 4) is 5.75 Å². The molecule has 0 saturated carbocycles. The molecule has 0 atom stereocenters. The third-order valence-electron chi connectivity index (χ3n) is 4.81. The van der Waals surface area contributed by atoms with Crippen LogP contribution in [0.4, 0.5) is 17.8 Å². The van der Waals surface area contributed by atoms with Crippen molar-refractivity contribution < 1.29 is 14.2 Å². The van der Waals surface area contributed by atoms with Gasteiger partial charge < -0.3 is 24.0 Å². The summed E-state index contributed by atoms with van der Waals surface area (Å²) in [5.74, 6) is 2.29. The molecule has 0 unspecified atom stereocenters. The summed E-state index contributed by atoms with van der Waals surface area (Å²) in [6.07, 6.45) is 1.67. The van der Waals surface area contributed by atoms with Crippen LogP contribution in [0.3, 0.4) is 0 Å². The van der Waals surface area contributed by atoms with Crippen molar-refractivity contribution in [1.82, 2.24) is 15.0 Å². The van der Waals surface area contributed by atoms with Crippen molar-refractivity contribution in [1.29, 1.82) is 0 Å². The molecule has 1 aromatic carbocycles. The average Bonchev–Trinajstić information content (AvgIpc) is 2.80. The number of rotatable bonds is 6. The van der Waals surface area contributed by atoms with E-state index in [4.69, 9.17) is 19.2 Å². The van der Waals surface area contributed by atoms with E-state index in [9.17, 15) is 0 Å². The van der Waals surface area contributed by atoms with Gasteiger partial charge in [0.1, 0.15) is 5.75 Å². The quantitative estimate of drug-likeness (QED) is 0.425. The van der Waals surface area contributed by atoms with E-state index >= 15 is 0 Å². The molecule has 166 valence electrons. The van der Waals surface area contributed by atoms with Crippen LogP contribution in [-0.2, 0) is 9.47 Å². The monoisotopic (exact) mass is 555 g/mol. The van der Waals surface area contributed by atoms with E-state index in [1.54, 1.807) is 13.3 Å². The summed E-state index contributed by atoms with van der Waals surface area (Å²) < 4.78 is 18.1. The van der Waals surface area contributed by atoms with Crippen molar-refractivity contribution >= 4 is 55.9 Å². The molecule has 2 aliphatic rings. The normalized spacial score (nSPS) is 17.3. The first-order chi connectivity index (χ1) is 15.1. The molecule has 0 radical (unpaired) electrons. The number of hydrazone groups is 1. The van der Waals surface area contributed by atoms with Gasteiger partial charge in [0.15, 0.2) is 0 Å². The van der Waals surface area contributed by atoms with E-state index in [1.165, 1.54) is 0 Å². The molecular formula is C19H23Br2N7O3. The van der Waals surface area contributed by atoms with Crippen LogP contribution in [0.25, 0.3) is 0 Å². The van der Waals surface area contributed by atoms with E-state index in [0.29, 0.717) is 50.0 Å². The fraction of sp³-hybridized carbons (Fsp3) is 0.474. The summed E-state index contributed by atoms with van der Waals surface area (Å²) in [6, 6.07) is 3.83. The maximum Gasteiger partial charge on any atom is 0.250 e. The van der Waals surface area contributed by atoms with Crippen molar-refractivity contribution in [2.75, 3.05) is 74.9 Å². The van der Waals surface area contributed by atoms with Crippen LogP contribution in [0.5, 0.6) is 5.75 Å². The number of nitrogens with one attached hydrogen (secondary N) is 1. The van der Waals surface area contributed by atoms with Gasteiger partial charge in [-0.3, -0.25) is 0 Å². The van der Waals surface area contributed by atoms with Crippen molar-refractivity contribution in [3.63, 3.8) is 0 Å². The lowest BCUT2D eigenvalue weighted by molar-refractivity contribution is 0.121. The zero-order valence-corrected chi connectivity index (χ0v) is 20.2. The Morgan fingerprint density at radius 1 is 0.968 bits per heavy atom. The molecule has 10 nitrogen and oxygen atoms in total. The number of hydrogen-bond donors (Lipinski definition) is 1. The Bertz CT molecular complexity index is 899. The lowest BCUT2D eigenvalue weighted by Crippen LogP contribution is -2.40. The number of benzene rings is 1. The van der Waals surface area contributed by atoms with E-state index in [2.05, 4.69) is 62.2 Å². The Hall–Kier alpha value is -2.02. The second kappa shape index (κ2) is 10.5. The van der Waals surface area contributed by atoms with Crippen LogP contribution in [-0.4, -0.2) is 80.9 Å². The van der Waals surface area contributed by atoms with Crippen LogP contribution in [0.2, 0.25) is 0 Å². The molecule has 0 amide bonds. The first-order valence-corrected chi connectivity index (χ1v) is 11.5. The van der Waals surface area contributed by atoms with Crippen molar-refractivity contribution in [2.45, 2.75) is 0 Å². The van der Waals surface area contributed by atoms with E-state index in [1.807, 2.05) is 12.1 Å². The Labute approximate surface area is 197 Å². The number of morpholine rings is 2. The minimum absolute atomic E-state index is 0.377. The third-order valence-corrected chi connectivity index (χ3v) is 5.86. The van der Waals surface area contributed by atoms with Gasteiger partial charge >= 0.3 is 0 Å². The SMILES string of the molecule is COc1c(Br)cc(Br)cc1C=NNc1nc(N2CCOCC2)nc(N2CCOCC2)n1.